The lowest BCUT2D eigenvalue weighted by Gasteiger charge is -2.20. The summed E-state index contributed by atoms with van der Waals surface area (Å²) in [7, 11) is 1.92. The number of nitrogen functional groups attached to an aromatic ring is 1. The predicted octanol–water partition coefficient (Wildman–Crippen LogP) is 2.30. The smallest absolute Gasteiger partial charge is 0.0991 e. The fourth-order valence-corrected chi connectivity index (χ4v) is 1.60. The summed E-state index contributed by atoms with van der Waals surface area (Å²) in [6.07, 6.45) is 3.32. The van der Waals surface area contributed by atoms with E-state index in [1.54, 1.807) is 24.5 Å². The highest BCUT2D eigenvalue weighted by molar-refractivity contribution is 5.73. The Balaban J connectivity index is 2.34. The number of anilines is 3. The second kappa shape index (κ2) is 4.54. The van der Waals surface area contributed by atoms with Crippen molar-refractivity contribution in [1.29, 1.82) is 5.26 Å². The third-order valence-corrected chi connectivity index (χ3v) is 2.57. The van der Waals surface area contributed by atoms with Gasteiger partial charge in [-0.15, -0.1) is 0 Å². The number of hydrogen-bond acceptors (Lipinski definition) is 4. The largest absolute Gasteiger partial charge is 0.396 e. The van der Waals surface area contributed by atoms with Gasteiger partial charge in [0.15, 0.2) is 0 Å². The first kappa shape index (κ1) is 11.0. The maximum Gasteiger partial charge on any atom is 0.0991 e. The molecule has 0 atom stereocenters. The first-order chi connectivity index (χ1) is 8.22. The summed E-state index contributed by atoms with van der Waals surface area (Å²) in [6.45, 7) is 0. The second-order valence-corrected chi connectivity index (χ2v) is 3.65. The van der Waals surface area contributed by atoms with Crippen molar-refractivity contribution in [2.45, 2.75) is 0 Å². The molecule has 0 aliphatic rings. The summed E-state index contributed by atoms with van der Waals surface area (Å²) in [5, 5.41) is 8.74. The Morgan fingerprint density at radius 1 is 1.24 bits per heavy atom. The highest BCUT2D eigenvalue weighted by Crippen LogP contribution is 2.27. The molecule has 17 heavy (non-hydrogen) atoms. The molecule has 1 aromatic carbocycles. The Morgan fingerprint density at radius 2 is 1.94 bits per heavy atom. The Hall–Kier alpha value is -2.54. The van der Waals surface area contributed by atoms with E-state index in [0.717, 1.165) is 11.4 Å². The van der Waals surface area contributed by atoms with Crippen molar-refractivity contribution >= 4 is 17.1 Å². The molecular weight excluding hydrogens is 212 g/mol. The quantitative estimate of drug-likeness (QED) is 0.850. The van der Waals surface area contributed by atoms with Gasteiger partial charge >= 0.3 is 0 Å². The van der Waals surface area contributed by atoms with Crippen molar-refractivity contribution in [2.24, 2.45) is 0 Å². The summed E-state index contributed by atoms with van der Waals surface area (Å²) in [5.74, 6) is 0. The Bertz CT molecular complexity index is 554. The first-order valence-electron chi connectivity index (χ1n) is 5.16. The molecule has 0 spiro atoms. The average Bonchev–Trinajstić information content (AvgIpc) is 2.39. The van der Waals surface area contributed by atoms with Crippen LogP contribution in [0.25, 0.3) is 0 Å². The molecule has 0 amide bonds. The van der Waals surface area contributed by atoms with Crippen LogP contribution < -0.4 is 10.6 Å². The molecule has 4 nitrogen and oxygen atoms in total. The van der Waals surface area contributed by atoms with Crippen molar-refractivity contribution in [3.8, 4) is 6.07 Å². The predicted molar refractivity (Wildman–Crippen MR) is 67.9 cm³/mol. The summed E-state index contributed by atoms with van der Waals surface area (Å²) in [5.41, 5.74) is 8.99. The summed E-state index contributed by atoms with van der Waals surface area (Å²) >= 11 is 0. The van der Waals surface area contributed by atoms with E-state index in [4.69, 9.17) is 11.0 Å². The van der Waals surface area contributed by atoms with Crippen LogP contribution in [-0.2, 0) is 0 Å². The van der Waals surface area contributed by atoms with E-state index in [9.17, 15) is 0 Å². The number of benzene rings is 1. The van der Waals surface area contributed by atoms with E-state index >= 15 is 0 Å². The number of pyridine rings is 1. The fourth-order valence-electron chi connectivity index (χ4n) is 1.60. The van der Waals surface area contributed by atoms with Crippen molar-refractivity contribution < 1.29 is 0 Å². The van der Waals surface area contributed by atoms with Gasteiger partial charge in [-0.05, 0) is 30.3 Å². The minimum atomic E-state index is 0.624. The van der Waals surface area contributed by atoms with Crippen LogP contribution in [0.15, 0.2) is 42.7 Å². The molecule has 0 fully saturated rings. The zero-order chi connectivity index (χ0) is 12.3. The highest BCUT2D eigenvalue weighted by Gasteiger charge is 2.06. The normalized spacial score (nSPS) is 9.65. The molecule has 0 saturated carbocycles. The van der Waals surface area contributed by atoms with Gasteiger partial charge in [0.1, 0.15) is 0 Å². The number of nitriles is 1. The molecule has 0 unspecified atom stereocenters. The maximum atomic E-state index is 8.74. The van der Waals surface area contributed by atoms with E-state index in [1.165, 1.54) is 0 Å². The summed E-state index contributed by atoms with van der Waals surface area (Å²) in [4.78, 5) is 5.91. The van der Waals surface area contributed by atoms with Crippen molar-refractivity contribution in [3.63, 3.8) is 0 Å². The summed E-state index contributed by atoms with van der Waals surface area (Å²) < 4.78 is 0. The topological polar surface area (TPSA) is 65.9 Å². The average molecular weight is 224 g/mol. The number of nitrogens with two attached hydrogens (primary N) is 1. The molecule has 0 radical (unpaired) electrons. The Kier molecular flexibility index (Phi) is 2.93. The van der Waals surface area contributed by atoms with Gasteiger partial charge in [-0.1, -0.05) is 0 Å². The van der Waals surface area contributed by atoms with Gasteiger partial charge in [0.25, 0.3) is 0 Å². The molecule has 0 aliphatic carbocycles. The van der Waals surface area contributed by atoms with Crippen LogP contribution >= 0.6 is 0 Å². The van der Waals surface area contributed by atoms with E-state index in [0.29, 0.717) is 11.3 Å². The number of nitrogens with zero attached hydrogens (tertiary/aromatic N) is 3. The Labute approximate surface area is 99.9 Å². The second-order valence-electron chi connectivity index (χ2n) is 3.65. The Morgan fingerprint density at radius 3 is 2.53 bits per heavy atom. The number of hydrogen-bond donors (Lipinski definition) is 1. The molecule has 84 valence electrons. The molecule has 2 rings (SSSR count). The van der Waals surface area contributed by atoms with Gasteiger partial charge in [0, 0.05) is 18.9 Å². The van der Waals surface area contributed by atoms with Crippen LogP contribution in [0, 0.1) is 11.3 Å². The van der Waals surface area contributed by atoms with Gasteiger partial charge in [0.2, 0.25) is 0 Å². The minimum Gasteiger partial charge on any atom is -0.396 e. The number of rotatable bonds is 2. The molecule has 0 bridgehead atoms. The van der Waals surface area contributed by atoms with Crippen LogP contribution in [0.4, 0.5) is 17.1 Å². The van der Waals surface area contributed by atoms with Gasteiger partial charge in [0.05, 0.1) is 29.2 Å². The van der Waals surface area contributed by atoms with Gasteiger partial charge in [-0.3, -0.25) is 4.98 Å². The fraction of sp³-hybridized carbons (Fsp3) is 0.0769. The van der Waals surface area contributed by atoms with Crippen LogP contribution in [-0.4, -0.2) is 12.0 Å². The van der Waals surface area contributed by atoms with Crippen molar-refractivity contribution in [3.05, 3.63) is 48.3 Å². The van der Waals surface area contributed by atoms with Crippen LogP contribution in [0.2, 0.25) is 0 Å². The molecule has 2 aromatic rings. The third kappa shape index (κ3) is 2.18. The first-order valence-corrected chi connectivity index (χ1v) is 5.16. The lowest BCUT2D eigenvalue weighted by molar-refractivity contribution is 1.19. The van der Waals surface area contributed by atoms with Crippen molar-refractivity contribution in [1.82, 2.24) is 4.98 Å². The van der Waals surface area contributed by atoms with Crippen LogP contribution in [0.5, 0.6) is 0 Å². The van der Waals surface area contributed by atoms with Crippen molar-refractivity contribution in [2.75, 3.05) is 17.7 Å². The van der Waals surface area contributed by atoms with Gasteiger partial charge in [-0.25, -0.2) is 0 Å². The summed E-state index contributed by atoms with van der Waals surface area (Å²) in [6, 6.07) is 11.3. The van der Waals surface area contributed by atoms with Crippen LogP contribution in [0.3, 0.4) is 0 Å². The van der Waals surface area contributed by atoms with Crippen LogP contribution in [0.1, 0.15) is 5.56 Å². The van der Waals surface area contributed by atoms with Gasteiger partial charge < -0.3 is 10.6 Å². The van der Waals surface area contributed by atoms with Gasteiger partial charge in [-0.2, -0.15) is 5.26 Å². The maximum absolute atomic E-state index is 8.74. The molecule has 1 heterocycles. The molecule has 0 saturated heterocycles. The van der Waals surface area contributed by atoms with E-state index < -0.39 is 0 Å². The van der Waals surface area contributed by atoms with E-state index in [1.807, 2.05) is 30.1 Å². The number of aromatic nitrogens is 1. The standard InChI is InChI=1S/C13H12N4/c1-17(13-6-7-16-9-12(13)15)11-4-2-10(8-14)3-5-11/h2-7,9H,15H2,1H3. The zero-order valence-electron chi connectivity index (χ0n) is 9.46. The zero-order valence-corrected chi connectivity index (χ0v) is 9.46. The molecular formula is C13H12N4. The highest BCUT2D eigenvalue weighted by atomic mass is 15.1. The monoisotopic (exact) mass is 224 g/mol. The molecule has 4 heteroatoms. The van der Waals surface area contributed by atoms with E-state index in [-0.39, 0.29) is 0 Å². The SMILES string of the molecule is CN(c1ccc(C#N)cc1)c1ccncc1N. The molecule has 0 aliphatic heterocycles. The third-order valence-electron chi connectivity index (χ3n) is 2.57. The lowest BCUT2D eigenvalue weighted by atomic mass is 10.2. The van der Waals surface area contributed by atoms with E-state index in [2.05, 4.69) is 11.1 Å². The lowest BCUT2D eigenvalue weighted by Crippen LogP contribution is -2.11. The molecule has 1 aromatic heterocycles. The minimum absolute atomic E-state index is 0.624. The molecule has 2 N–H and O–H groups in total.